The molecule has 2 bridgehead atoms. The van der Waals surface area contributed by atoms with Crippen molar-refractivity contribution in [1.29, 1.82) is 0 Å². The number of hydrogen-bond donors (Lipinski definition) is 1. The van der Waals surface area contributed by atoms with E-state index in [0.717, 1.165) is 30.6 Å². The molecular weight excluding hydrogens is 330 g/mol. The van der Waals surface area contributed by atoms with Gasteiger partial charge in [-0.1, -0.05) is 6.92 Å². The third kappa shape index (κ3) is 2.81. The Morgan fingerprint density at radius 2 is 1.96 bits per heavy atom. The van der Waals surface area contributed by atoms with E-state index >= 15 is 0 Å². The number of carboxylic acid groups (broad SMARTS) is 1. The number of hydrogen-bond acceptors (Lipinski definition) is 6. The topological polar surface area (TPSA) is 95.5 Å². The van der Waals surface area contributed by atoms with Crippen LogP contribution in [0.25, 0.3) is 0 Å². The molecule has 7 heteroatoms. The molecule has 3 rings (SSSR count). The van der Waals surface area contributed by atoms with E-state index in [1.165, 1.54) is 18.4 Å². The molecule has 2 fully saturated rings. The second-order valence-corrected chi connectivity index (χ2v) is 7.63. The van der Waals surface area contributed by atoms with E-state index in [2.05, 4.69) is 5.32 Å². The Kier molecular flexibility index (Phi) is 4.62. The van der Waals surface area contributed by atoms with Gasteiger partial charge in [-0.15, -0.1) is 11.3 Å². The van der Waals surface area contributed by atoms with Crippen LogP contribution in [-0.4, -0.2) is 25.0 Å². The van der Waals surface area contributed by atoms with Gasteiger partial charge in [0.1, 0.15) is 5.00 Å². The first kappa shape index (κ1) is 17.0. The number of amides is 1. The third-order valence-electron chi connectivity index (χ3n) is 5.26. The molecule has 2 saturated carbocycles. The van der Waals surface area contributed by atoms with Crippen LogP contribution in [0, 0.1) is 23.7 Å². The number of aliphatic carboxylic acids is 1. The minimum atomic E-state index is -1.14. The van der Waals surface area contributed by atoms with Crippen molar-refractivity contribution in [3.63, 3.8) is 0 Å². The molecular formula is C17H20NO5S-. The molecule has 0 aliphatic heterocycles. The average molecular weight is 350 g/mol. The smallest absolute Gasteiger partial charge is 0.340 e. The summed E-state index contributed by atoms with van der Waals surface area (Å²) in [6.45, 7) is 1.96. The van der Waals surface area contributed by atoms with Crippen molar-refractivity contribution in [1.82, 2.24) is 0 Å². The Balaban J connectivity index is 1.83. The predicted octanol–water partition coefficient (Wildman–Crippen LogP) is 1.45. The van der Waals surface area contributed by atoms with Gasteiger partial charge < -0.3 is 20.0 Å². The van der Waals surface area contributed by atoms with Gasteiger partial charge in [0, 0.05) is 22.7 Å². The standard InChI is InChI=1S/C17H21NO5S/c1-3-10-7-11(17(22)23-2)15(24-10)18-14(19)12-8-4-5-9(6-8)13(12)16(20)21/h7-9,12-13H,3-6H2,1-2H3,(H,18,19)(H,20,21)/p-1/t8-,9-,12-,13+/m1/s1. The molecule has 0 radical (unpaired) electrons. The van der Waals surface area contributed by atoms with Crippen LogP contribution in [0.3, 0.4) is 0 Å². The summed E-state index contributed by atoms with van der Waals surface area (Å²) < 4.78 is 4.76. The monoisotopic (exact) mass is 350 g/mol. The van der Waals surface area contributed by atoms with Gasteiger partial charge in [-0.25, -0.2) is 4.79 Å². The molecule has 6 nitrogen and oxygen atoms in total. The molecule has 1 aromatic heterocycles. The molecule has 0 spiro atoms. The number of anilines is 1. The summed E-state index contributed by atoms with van der Waals surface area (Å²) >= 11 is 1.32. The number of thiophene rings is 1. The van der Waals surface area contributed by atoms with Gasteiger partial charge in [0.05, 0.1) is 12.7 Å². The first-order chi connectivity index (χ1) is 11.5. The van der Waals surface area contributed by atoms with Crippen LogP contribution in [0.2, 0.25) is 0 Å². The van der Waals surface area contributed by atoms with E-state index in [1.807, 2.05) is 6.92 Å². The summed E-state index contributed by atoms with van der Waals surface area (Å²) in [6, 6.07) is 1.71. The predicted molar refractivity (Wildman–Crippen MR) is 86.5 cm³/mol. The number of esters is 1. The molecule has 0 saturated heterocycles. The van der Waals surface area contributed by atoms with E-state index in [-0.39, 0.29) is 17.7 Å². The summed E-state index contributed by atoms with van der Waals surface area (Å²) in [5.74, 6) is -3.16. The van der Waals surface area contributed by atoms with Gasteiger partial charge >= 0.3 is 5.97 Å². The summed E-state index contributed by atoms with van der Waals surface area (Å²) in [5, 5.41) is 14.7. The first-order valence-electron chi connectivity index (χ1n) is 8.19. The van der Waals surface area contributed by atoms with Crippen molar-refractivity contribution in [2.24, 2.45) is 23.7 Å². The zero-order chi connectivity index (χ0) is 17.4. The van der Waals surface area contributed by atoms with E-state index in [1.54, 1.807) is 6.07 Å². The SMILES string of the molecule is CCc1cc(C(=O)OC)c(NC(=O)[C@@H]2[C@@H]3CC[C@H](C3)[C@@H]2C(=O)[O-])s1. The molecule has 0 aromatic carbocycles. The largest absolute Gasteiger partial charge is 0.550 e. The van der Waals surface area contributed by atoms with Crippen molar-refractivity contribution in [3.8, 4) is 0 Å². The summed E-state index contributed by atoms with van der Waals surface area (Å²) in [4.78, 5) is 37.0. The number of carboxylic acids is 1. The minimum Gasteiger partial charge on any atom is -0.550 e. The van der Waals surface area contributed by atoms with E-state index in [4.69, 9.17) is 4.74 Å². The molecule has 1 aromatic rings. The lowest BCUT2D eigenvalue weighted by Gasteiger charge is -2.30. The lowest BCUT2D eigenvalue weighted by molar-refractivity contribution is -0.314. The number of nitrogens with one attached hydrogen (secondary N) is 1. The molecule has 1 N–H and O–H groups in total. The normalized spacial score (nSPS) is 27.9. The fraction of sp³-hybridized carbons (Fsp3) is 0.588. The molecule has 130 valence electrons. The van der Waals surface area contributed by atoms with E-state index in [9.17, 15) is 19.5 Å². The number of ether oxygens (including phenoxy) is 1. The summed E-state index contributed by atoms with van der Waals surface area (Å²) in [5.41, 5.74) is 0.320. The number of carbonyl (C=O) groups excluding carboxylic acids is 3. The number of fused-ring (bicyclic) bond motifs is 2. The molecule has 1 heterocycles. The van der Waals surface area contributed by atoms with Crippen molar-refractivity contribution in [3.05, 3.63) is 16.5 Å². The second kappa shape index (κ2) is 6.55. The van der Waals surface area contributed by atoms with Gasteiger partial charge in [0.25, 0.3) is 0 Å². The van der Waals surface area contributed by atoms with Crippen molar-refractivity contribution < 1.29 is 24.2 Å². The highest BCUT2D eigenvalue weighted by atomic mass is 32.1. The first-order valence-corrected chi connectivity index (χ1v) is 9.00. The van der Waals surface area contributed by atoms with Crippen molar-refractivity contribution >= 4 is 34.2 Å². The molecule has 4 atom stereocenters. The maximum Gasteiger partial charge on any atom is 0.340 e. The Hall–Kier alpha value is -1.89. The number of rotatable bonds is 5. The number of methoxy groups -OCH3 is 1. The number of carbonyl (C=O) groups is 3. The second-order valence-electron chi connectivity index (χ2n) is 6.49. The summed E-state index contributed by atoms with van der Waals surface area (Å²) in [7, 11) is 1.29. The Bertz CT molecular complexity index is 683. The highest BCUT2D eigenvalue weighted by Crippen LogP contribution is 2.52. The Labute approximate surface area is 144 Å². The van der Waals surface area contributed by atoms with Crippen LogP contribution < -0.4 is 10.4 Å². The maximum atomic E-state index is 12.7. The van der Waals surface area contributed by atoms with Crippen LogP contribution in [-0.2, 0) is 20.7 Å². The minimum absolute atomic E-state index is 0.0327. The van der Waals surface area contributed by atoms with Crippen molar-refractivity contribution in [2.75, 3.05) is 12.4 Å². The van der Waals surface area contributed by atoms with Crippen LogP contribution in [0.1, 0.15) is 41.4 Å². The molecule has 2 aliphatic rings. The third-order valence-corrected chi connectivity index (χ3v) is 6.46. The highest BCUT2D eigenvalue weighted by Gasteiger charge is 2.51. The van der Waals surface area contributed by atoms with Crippen LogP contribution in [0.15, 0.2) is 6.07 Å². The lowest BCUT2D eigenvalue weighted by atomic mass is 9.79. The van der Waals surface area contributed by atoms with E-state index < -0.39 is 23.8 Å². The van der Waals surface area contributed by atoms with Crippen LogP contribution in [0.5, 0.6) is 0 Å². The molecule has 1 amide bonds. The Morgan fingerprint density at radius 1 is 1.29 bits per heavy atom. The van der Waals surface area contributed by atoms with Crippen molar-refractivity contribution in [2.45, 2.75) is 32.6 Å². The summed E-state index contributed by atoms with van der Waals surface area (Å²) in [6.07, 6.45) is 3.23. The number of aryl methyl sites for hydroxylation is 1. The van der Waals surface area contributed by atoms with Crippen LogP contribution >= 0.6 is 11.3 Å². The van der Waals surface area contributed by atoms with E-state index in [0.29, 0.717) is 10.6 Å². The zero-order valence-corrected chi connectivity index (χ0v) is 14.5. The molecule has 0 unspecified atom stereocenters. The van der Waals surface area contributed by atoms with Gasteiger partial charge in [-0.2, -0.15) is 0 Å². The van der Waals surface area contributed by atoms with Crippen LogP contribution in [0.4, 0.5) is 5.00 Å². The van der Waals surface area contributed by atoms with Gasteiger partial charge in [0.2, 0.25) is 5.91 Å². The Morgan fingerprint density at radius 3 is 2.54 bits per heavy atom. The molecule has 2 aliphatic carbocycles. The fourth-order valence-corrected chi connectivity index (χ4v) is 5.16. The van der Waals surface area contributed by atoms with Gasteiger partial charge in [-0.05, 0) is 43.6 Å². The van der Waals surface area contributed by atoms with Gasteiger partial charge in [-0.3, -0.25) is 4.79 Å². The zero-order valence-electron chi connectivity index (χ0n) is 13.7. The molecule has 24 heavy (non-hydrogen) atoms. The highest BCUT2D eigenvalue weighted by molar-refractivity contribution is 7.16. The van der Waals surface area contributed by atoms with Gasteiger partial charge in [0.15, 0.2) is 0 Å². The lowest BCUT2D eigenvalue weighted by Crippen LogP contribution is -2.44. The fourth-order valence-electron chi connectivity index (χ4n) is 4.17. The average Bonchev–Trinajstić information content (AvgIpc) is 3.27. The quantitative estimate of drug-likeness (QED) is 0.811. The maximum absolute atomic E-state index is 12.7.